The molecule has 0 radical (unpaired) electrons. The molecule has 0 unspecified atom stereocenters. The molecule has 68 valence electrons. The average Bonchev–Trinajstić information content (AvgIpc) is 2.30. The molecule has 2 N–H and O–H groups in total. The second kappa shape index (κ2) is 3.55. The fourth-order valence-electron chi connectivity index (χ4n) is 0.642. The number of nitrogens with zero attached hydrogens (tertiary/aromatic N) is 1. The minimum absolute atomic E-state index is 0.130. The van der Waals surface area contributed by atoms with E-state index in [4.69, 9.17) is 9.56 Å². The van der Waals surface area contributed by atoms with Crippen molar-refractivity contribution in [1.82, 2.24) is 4.98 Å². The van der Waals surface area contributed by atoms with Crippen molar-refractivity contribution in [2.24, 2.45) is 5.14 Å². The van der Waals surface area contributed by atoms with Gasteiger partial charge >= 0.3 is 0 Å². The average molecular weight is 255 g/mol. The van der Waals surface area contributed by atoms with E-state index in [1.165, 1.54) is 6.20 Å². The Labute approximate surface area is 78.1 Å². The minimum atomic E-state index is -3.42. The van der Waals surface area contributed by atoms with Crippen molar-refractivity contribution in [2.45, 2.75) is 6.42 Å². The maximum Gasteiger partial charge on any atom is 0.264 e. The standard InChI is InChI=1S/C5H7BrN2O3S/c6-5-8-3-4(11-5)1-2-12(7,9)10/h3H,1-2H2,(H2,7,9,10). The number of nitrogens with two attached hydrogens (primary N) is 1. The van der Waals surface area contributed by atoms with Crippen molar-refractivity contribution in [2.75, 3.05) is 5.75 Å². The fourth-order valence-corrected chi connectivity index (χ4v) is 1.44. The summed E-state index contributed by atoms with van der Waals surface area (Å²) in [5.41, 5.74) is 0. The number of primary sulfonamides is 1. The number of halogens is 1. The predicted octanol–water partition coefficient (Wildman–Crippen LogP) is 0.268. The van der Waals surface area contributed by atoms with E-state index < -0.39 is 10.0 Å². The Morgan fingerprint density at radius 2 is 2.33 bits per heavy atom. The van der Waals surface area contributed by atoms with Crippen molar-refractivity contribution in [3.05, 3.63) is 16.8 Å². The van der Waals surface area contributed by atoms with Crippen LogP contribution in [0.4, 0.5) is 0 Å². The molecule has 1 aromatic rings. The zero-order chi connectivity index (χ0) is 9.19. The highest BCUT2D eigenvalue weighted by atomic mass is 79.9. The lowest BCUT2D eigenvalue weighted by molar-refractivity contribution is 0.484. The molecule has 0 aliphatic rings. The molecule has 0 aromatic carbocycles. The molecule has 0 aliphatic heterocycles. The zero-order valence-electron chi connectivity index (χ0n) is 6.03. The van der Waals surface area contributed by atoms with Gasteiger partial charge in [0, 0.05) is 22.4 Å². The molecule has 1 aromatic heterocycles. The molecular formula is C5H7BrN2O3S. The lowest BCUT2D eigenvalue weighted by Gasteiger charge is -1.92. The molecular weight excluding hydrogens is 248 g/mol. The molecule has 0 fully saturated rings. The molecule has 0 spiro atoms. The molecule has 7 heteroatoms. The van der Waals surface area contributed by atoms with E-state index in [1.54, 1.807) is 0 Å². The Morgan fingerprint density at radius 1 is 1.67 bits per heavy atom. The first-order valence-corrected chi connectivity index (χ1v) is 5.59. The van der Waals surface area contributed by atoms with Gasteiger partial charge < -0.3 is 4.42 Å². The van der Waals surface area contributed by atoms with Crippen LogP contribution in [0.2, 0.25) is 0 Å². The number of hydrogen-bond acceptors (Lipinski definition) is 4. The Kier molecular flexibility index (Phi) is 2.86. The fraction of sp³-hybridized carbons (Fsp3) is 0.400. The van der Waals surface area contributed by atoms with E-state index in [0.29, 0.717) is 10.6 Å². The third-order valence-corrected chi connectivity index (χ3v) is 2.30. The van der Waals surface area contributed by atoms with Crippen LogP contribution < -0.4 is 5.14 Å². The van der Waals surface area contributed by atoms with Gasteiger partial charge in [0.05, 0.1) is 11.9 Å². The maximum absolute atomic E-state index is 10.5. The van der Waals surface area contributed by atoms with Crippen molar-refractivity contribution < 1.29 is 12.8 Å². The van der Waals surface area contributed by atoms with Gasteiger partial charge in [0.2, 0.25) is 10.0 Å². The van der Waals surface area contributed by atoms with Gasteiger partial charge in [0.15, 0.2) is 0 Å². The highest BCUT2D eigenvalue weighted by Crippen LogP contribution is 2.10. The Bertz CT molecular complexity index is 359. The number of aromatic nitrogens is 1. The monoisotopic (exact) mass is 254 g/mol. The molecule has 0 amide bonds. The molecule has 0 atom stereocenters. The van der Waals surface area contributed by atoms with Crippen molar-refractivity contribution in [3.63, 3.8) is 0 Å². The van der Waals surface area contributed by atoms with E-state index in [-0.39, 0.29) is 12.2 Å². The molecule has 1 heterocycles. The van der Waals surface area contributed by atoms with E-state index in [1.807, 2.05) is 0 Å². The summed E-state index contributed by atoms with van der Waals surface area (Å²) >= 11 is 2.99. The van der Waals surface area contributed by atoms with E-state index in [9.17, 15) is 8.42 Å². The van der Waals surface area contributed by atoms with Gasteiger partial charge in [-0.3, -0.25) is 0 Å². The van der Waals surface area contributed by atoms with Gasteiger partial charge in [-0.25, -0.2) is 18.5 Å². The number of rotatable bonds is 3. The van der Waals surface area contributed by atoms with E-state index in [0.717, 1.165) is 0 Å². The highest BCUT2D eigenvalue weighted by molar-refractivity contribution is 9.10. The summed E-state index contributed by atoms with van der Waals surface area (Å²) in [5.74, 6) is 0.366. The summed E-state index contributed by atoms with van der Waals surface area (Å²) in [7, 11) is -3.42. The summed E-state index contributed by atoms with van der Waals surface area (Å²) in [4.78, 5) is 4.07. The summed E-state index contributed by atoms with van der Waals surface area (Å²) in [5, 5.41) is 4.79. The first-order valence-electron chi connectivity index (χ1n) is 3.08. The predicted molar refractivity (Wildman–Crippen MR) is 45.9 cm³/mol. The molecule has 0 saturated carbocycles. The van der Waals surface area contributed by atoms with Gasteiger partial charge in [-0.05, 0) is 0 Å². The lowest BCUT2D eigenvalue weighted by atomic mass is 10.4. The van der Waals surface area contributed by atoms with Gasteiger partial charge in [0.25, 0.3) is 4.80 Å². The number of hydrogen-bond donors (Lipinski definition) is 1. The topological polar surface area (TPSA) is 86.2 Å². The van der Waals surface area contributed by atoms with Crippen LogP contribution >= 0.6 is 15.9 Å². The van der Waals surface area contributed by atoms with Crippen LogP contribution in [0.5, 0.6) is 0 Å². The largest absolute Gasteiger partial charge is 0.436 e. The molecule has 0 saturated heterocycles. The first kappa shape index (κ1) is 9.69. The van der Waals surface area contributed by atoms with E-state index in [2.05, 4.69) is 20.9 Å². The number of sulfonamides is 1. The third-order valence-electron chi connectivity index (χ3n) is 1.16. The SMILES string of the molecule is NS(=O)(=O)CCc1cnc(Br)o1. The quantitative estimate of drug-likeness (QED) is 0.839. The van der Waals surface area contributed by atoms with Crippen LogP contribution in [0, 0.1) is 0 Å². The van der Waals surface area contributed by atoms with Gasteiger partial charge in [-0.1, -0.05) is 0 Å². The molecule has 1 rings (SSSR count). The lowest BCUT2D eigenvalue weighted by Crippen LogP contribution is -2.17. The molecule has 0 aliphatic carbocycles. The van der Waals surface area contributed by atoms with Crippen LogP contribution in [-0.4, -0.2) is 19.2 Å². The van der Waals surface area contributed by atoms with Crippen molar-refractivity contribution in [3.8, 4) is 0 Å². The summed E-state index contributed by atoms with van der Waals surface area (Å²) in [6, 6.07) is 0. The van der Waals surface area contributed by atoms with Crippen LogP contribution in [-0.2, 0) is 16.4 Å². The number of aryl methyl sites for hydroxylation is 1. The van der Waals surface area contributed by atoms with E-state index >= 15 is 0 Å². The van der Waals surface area contributed by atoms with Crippen molar-refractivity contribution >= 4 is 26.0 Å². The smallest absolute Gasteiger partial charge is 0.264 e. The molecule has 0 bridgehead atoms. The van der Waals surface area contributed by atoms with Gasteiger partial charge in [-0.2, -0.15) is 0 Å². The van der Waals surface area contributed by atoms with Crippen LogP contribution in [0.15, 0.2) is 15.4 Å². The van der Waals surface area contributed by atoms with Crippen LogP contribution in [0.1, 0.15) is 5.76 Å². The van der Waals surface area contributed by atoms with Crippen LogP contribution in [0.3, 0.4) is 0 Å². The Hall–Kier alpha value is -0.400. The highest BCUT2D eigenvalue weighted by Gasteiger charge is 2.06. The second-order valence-electron chi connectivity index (χ2n) is 2.20. The third kappa shape index (κ3) is 3.33. The van der Waals surface area contributed by atoms with Gasteiger partial charge in [-0.15, -0.1) is 0 Å². The second-order valence-corrected chi connectivity index (χ2v) is 4.61. The summed E-state index contributed by atoms with van der Waals surface area (Å²) in [6.07, 6.45) is 1.70. The first-order chi connectivity index (χ1) is 5.47. The molecule has 5 nitrogen and oxygen atoms in total. The zero-order valence-corrected chi connectivity index (χ0v) is 8.43. The van der Waals surface area contributed by atoms with Crippen molar-refractivity contribution in [1.29, 1.82) is 0 Å². The van der Waals surface area contributed by atoms with Gasteiger partial charge in [0.1, 0.15) is 5.76 Å². The maximum atomic E-state index is 10.5. The summed E-state index contributed by atoms with van der Waals surface area (Å²) < 4.78 is 26.0. The van der Waals surface area contributed by atoms with Crippen LogP contribution in [0.25, 0.3) is 0 Å². The summed E-state index contributed by atoms with van der Waals surface area (Å²) in [6.45, 7) is 0. The normalized spacial score (nSPS) is 11.8. The Balaban J connectivity index is 2.55. The minimum Gasteiger partial charge on any atom is -0.436 e. The Morgan fingerprint density at radius 3 is 2.75 bits per heavy atom. The molecule has 12 heavy (non-hydrogen) atoms. The number of oxazole rings is 1.